The minimum absolute atomic E-state index is 0.294. The molecule has 0 radical (unpaired) electrons. The van der Waals surface area contributed by atoms with Crippen molar-refractivity contribution in [3.8, 4) is 11.5 Å². The van der Waals surface area contributed by atoms with Gasteiger partial charge in [0.15, 0.2) is 11.5 Å². The highest BCUT2D eigenvalue weighted by molar-refractivity contribution is 6.07. The number of carbonyl (C=O) groups excluding carboxylic acids is 1. The van der Waals surface area contributed by atoms with Crippen molar-refractivity contribution in [3.05, 3.63) is 52.4 Å². The lowest BCUT2D eigenvalue weighted by atomic mass is 10.1. The molecule has 1 aromatic heterocycles. The number of amides is 1. The number of fused-ring (bicyclic) bond motifs is 1. The summed E-state index contributed by atoms with van der Waals surface area (Å²) in [5.41, 5.74) is 1.91. The number of anilines is 1. The number of aromatic amines is 2. The van der Waals surface area contributed by atoms with Gasteiger partial charge in [-0.2, -0.15) is 0 Å². The van der Waals surface area contributed by atoms with Crippen molar-refractivity contribution in [3.63, 3.8) is 0 Å². The van der Waals surface area contributed by atoms with E-state index in [-0.39, 0.29) is 11.6 Å². The molecule has 0 saturated heterocycles. The van der Waals surface area contributed by atoms with E-state index in [0.717, 1.165) is 0 Å². The van der Waals surface area contributed by atoms with Gasteiger partial charge in [-0.1, -0.05) is 6.07 Å². The third-order valence-electron chi connectivity index (χ3n) is 3.42. The van der Waals surface area contributed by atoms with Crippen molar-refractivity contribution in [2.45, 2.75) is 0 Å². The van der Waals surface area contributed by atoms with Crippen LogP contribution in [-0.4, -0.2) is 30.1 Å². The number of hydrogen-bond donors (Lipinski definition) is 3. The van der Waals surface area contributed by atoms with E-state index in [4.69, 9.17) is 9.47 Å². The second-order valence-electron chi connectivity index (χ2n) is 4.83. The summed E-state index contributed by atoms with van der Waals surface area (Å²) in [4.78, 5) is 29.0. The first-order chi connectivity index (χ1) is 11.1. The first kappa shape index (κ1) is 14.7. The van der Waals surface area contributed by atoms with Gasteiger partial charge in [-0.25, -0.2) is 4.79 Å². The highest BCUT2D eigenvalue weighted by Gasteiger charge is 2.16. The van der Waals surface area contributed by atoms with E-state index < -0.39 is 0 Å². The summed E-state index contributed by atoms with van der Waals surface area (Å²) in [6, 6.07) is 10.2. The molecule has 0 spiro atoms. The molecular weight excluding hydrogens is 298 g/mol. The largest absolute Gasteiger partial charge is 0.493 e. The molecule has 0 aliphatic rings. The van der Waals surface area contributed by atoms with E-state index >= 15 is 0 Å². The number of ether oxygens (including phenoxy) is 2. The fourth-order valence-electron chi connectivity index (χ4n) is 2.37. The van der Waals surface area contributed by atoms with Crippen LogP contribution in [0, 0.1) is 0 Å². The van der Waals surface area contributed by atoms with E-state index in [1.165, 1.54) is 14.2 Å². The lowest BCUT2D eigenvalue weighted by Crippen LogP contribution is -2.13. The molecular formula is C16H15N3O4. The van der Waals surface area contributed by atoms with Gasteiger partial charge in [-0.05, 0) is 30.3 Å². The van der Waals surface area contributed by atoms with Gasteiger partial charge in [0, 0.05) is 5.69 Å². The normalized spacial score (nSPS) is 10.5. The molecule has 1 amide bonds. The number of hydrogen-bond acceptors (Lipinski definition) is 4. The van der Waals surface area contributed by atoms with Gasteiger partial charge in [0.1, 0.15) is 0 Å². The summed E-state index contributed by atoms with van der Waals surface area (Å²) < 4.78 is 10.5. The van der Waals surface area contributed by atoms with Crippen LogP contribution in [0.3, 0.4) is 0 Å². The molecule has 118 valence electrons. The van der Waals surface area contributed by atoms with Gasteiger partial charge in [0.2, 0.25) is 0 Å². The predicted molar refractivity (Wildman–Crippen MR) is 86.4 cm³/mol. The van der Waals surface area contributed by atoms with Crippen LogP contribution in [0.4, 0.5) is 5.69 Å². The van der Waals surface area contributed by atoms with Crippen LogP contribution in [0.1, 0.15) is 10.4 Å². The molecule has 23 heavy (non-hydrogen) atoms. The molecule has 7 nitrogen and oxygen atoms in total. The molecule has 0 unspecified atom stereocenters. The average Bonchev–Trinajstić information content (AvgIpc) is 2.93. The van der Waals surface area contributed by atoms with Crippen LogP contribution >= 0.6 is 0 Å². The van der Waals surface area contributed by atoms with Crippen LogP contribution < -0.4 is 20.5 Å². The Morgan fingerprint density at radius 1 is 1.04 bits per heavy atom. The second kappa shape index (κ2) is 5.88. The maximum Gasteiger partial charge on any atom is 0.323 e. The number of para-hydroxylation sites is 1. The summed E-state index contributed by atoms with van der Waals surface area (Å²) >= 11 is 0. The zero-order valence-electron chi connectivity index (χ0n) is 12.6. The van der Waals surface area contributed by atoms with Crippen molar-refractivity contribution < 1.29 is 14.3 Å². The highest BCUT2D eigenvalue weighted by atomic mass is 16.5. The topological polar surface area (TPSA) is 96.2 Å². The zero-order chi connectivity index (χ0) is 16.4. The zero-order valence-corrected chi connectivity index (χ0v) is 12.6. The minimum atomic E-state index is -0.335. The van der Waals surface area contributed by atoms with E-state index in [0.29, 0.717) is 33.8 Å². The minimum Gasteiger partial charge on any atom is -0.493 e. The van der Waals surface area contributed by atoms with Crippen LogP contribution in [0.2, 0.25) is 0 Å². The number of carbonyl (C=O) groups is 1. The molecule has 0 fully saturated rings. The van der Waals surface area contributed by atoms with E-state index in [2.05, 4.69) is 15.3 Å². The van der Waals surface area contributed by atoms with E-state index in [9.17, 15) is 9.59 Å². The number of aromatic nitrogens is 2. The molecule has 3 N–H and O–H groups in total. The highest BCUT2D eigenvalue weighted by Crippen LogP contribution is 2.31. The predicted octanol–water partition coefficient (Wildman–Crippen LogP) is 2.13. The Balaban J connectivity index is 1.92. The van der Waals surface area contributed by atoms with Gasteiger partial charge in [-0.15, -0.1) is 0 Å². The SMILES string of the molecule is COc1cccc(C(=O)Nc2ccc3[nH]c(=O)[nH]c3c2)c1OC. The van der Waals surface area contributed by atoms with Gasteiger partial charge in [0.25, 0.3) is 5.91 Å². The maximum atomic E-state index is 12.5. The van der Waals surface area contributed by atoms with Crippen LogP contribution in [-0.2, 0) is 0 Å². The molecule has 0 bridgehead atoms. The second-order valence-corrected chi connectivity index (χ2v) is 4.83. The standard InChI is InChI=1S/C16H15N3O4/c1-22-13-5-3-4-10(14(13)23-2)15(20)17-9-6-7-11-12(8-9)19-16(21)18-11/h3-8H,1-2H3,(H,17,20)(H2,18,19,21). The smallest absolute Gasteiger partial charge is 0.323 e. The Labute approximate surface area is 131 Å². The molecule has 0 atom stereocenters. The Hall–Kier alpha value is -3.22. The van der Waals surface area contributed by atoms with E-state index in [1.807, 2.05) is 0 Å². The van der Waals surface area contributed by atoms with Gasteiger partial charge in [-0.3, -0.25) is 4.79 Å². The van der Waals surface area contributed by atoms with Crippen LogP contribution in [0.25, 0.3) is 11.0 Å². The Morgan fingerprint density at radius 3 is 2.57 bits per heavy atom. The lowest BCUT2D eigenvalue weighted by molar-refractivity contribution is 0.102. The van der Waals surface area contributed by atoms with Crippen molar-refractivity contribution >= 4 is 22.6 Å². The number of nitrogens with one attached hydrogen (secondary N) is 3. The van der Waals surface area contributed by atoms with Crippen molar-refractivity contribution in [2.24, 2.45) is 0 Å². The third-order valence-corrected chi connectivity index (χ3v) is 3.42. The fourth-order valence-corrected chi connectivity index (χ4v) is 2.37. The number of rotatable bonds is 4. The van der Waals surface area contributed by atoms with Gasteiger partial charge < -0.3 is 24.8 Å². The summed E-state index contributed by atoms with van der Waals surface area (Å²) in [6.45, 7) is 0. The third kappa shape index (κ3) is 2.76. The van der Waals surface area contributed by atoms with Crippen LogP contribution in [0.15, 0.2) is 41.2 Å². The monoisotopic (exact) mass is 313 g/mol. The van der Waals surface area contributed by atoms with Gasteiger partial charge in [0.05, 0.1) is 30.8 Å². The van der Waals surface area contributed by atoms with Crippen LogP contribution in [0.5, 0.6) is 11.5 Å². The molecule has 2 aromatic carbocycles. The molecule has 3 aromatic rings. The number of imidazole rings is 1. The Kier molecular flexibility index (Phi) is 3.76. The fraction of sp³-hybridized carbons (Fsp3) is 0.125. The molecule has 0 saturated carbocycles. The number of H-pyrrole nitrogens is 2. The summed E-state index contributed by atoms with van der Waals surface area (Å²) in [5.74, 6) is 0.507. The van der Waals surface area contributed by atoms with Crippen molar-refractivity contribution in [2.75, 3.05) is 19.5 Å². The number of methoxy groups -OCH3 is 2. The summed E-state index contributed by atoms with van der Waals surface area (Å²) in [6.07, 6.45) is 0. The first-order valence-electron chi connectivity index (χ1n) is 6.87. The lowest BCUT2D eigenvalue weighted by Gasteiger charge is -2.12. The quantitative estimate of drug-likeness (QED) is 0.687. The number of benzene rings is 2. The molecule has 1 heterocycles. The first-order valence-corrected chi connectivity index (χ1v) is 6.87. The Morgan fingerprint density at radius 2 is 1.83 bits per heavy atom. The van der Waals surface area contributed by atoms with Gasteiger partial charge >= 0.3 is 5.69 Å². The molecule has 7 heteroatoms. The van der Waals surface area contributed by atoms with Crippen molar-refractivity contribution in [1.82, 2.24) is 9.97 Å². The average molecular weight is 313 g/mol. The summed E-state index contributed by atoms with van der Waals surface area (Å²) in [5, 5.41) is 2.78. The molecule has 3 rings (SSSR count). The maximum absolute atomic E-state index is 12.5. The molecule has 0 aliphatic heterocycles. The van der Waals surface area contributed by atoms with Crippen molar-refractivity contribution in [1.29, 1.82) is 0 Å². The summed E-state index contributed by atoms with van der Waals surface area (Å²) in [7, 11) is 2.99. The van der Waals surface area contributed by atoms with E-state index in [1.54, 1.807) is 36.4 Å². The molecule has 0 aliphatic carbocycles. The Bertz CT molecular complexity index is 926.